The molecule has 0 aliphatic heterocycles. The third-order valence-electron chi connectivity index (χ3n) is 3.51. The second kappa shape index (κ2) is 6.49. The van der Waals surface area contributed by atoms with Gasteiger partial charge in [0.2, 0.25) is 5.91 Å². The van der Waals surface area contributed by atoms with E-state index in [0.717, 1.165) is 18.7 Å². The van der Waals surface area contributed by atoms with Crippen LogP contribution in [0, 0.1) is 5.41 Å². The van der Waals surface area contributed by atoms with Crippen LogP contribution in [0.1, 0.15) is 32.5 Å². The lowest BCUT2D eigenvalue weighted by Crippen LogP contribution is -2.45. The van der Waals surface area contributed by atoms with Gasteiger partial charge in [-0.15, -0.1) is 0 Å². The van der Waals surface area contributed by atoms with E-state index in [1.54, 1.807) is 11.0 Å². The van der Waals surface area contributed by atoms with Gasteiger partial charge in [-0.1, -0.05) is 13.8 Å². The lowest BCUT2D eigenvalue weighted by atomic mass is 9.81. The Labute approximate surface area is 108 Å². The zero-order valence-corrected chi connectivity index (χ0v) is 11.4. The maximum atomic E-state index is 12.1. The predicted molar refractivity (Wildman–Crippen MR) is 69.8 cm³/mol. The number of carbonyl (C=O) groups excluding carboxylic acids is 1. The molecule has 18 heavy (non-hydrogen) atoms. The molecule has 0 spiro atoms. The van der Waals surface area contributed by atoms with Crippen molar-refractivity contribution in [3.8, 4) is 0 Å². The number of amides is 1. The van der Waals surface area contributed by atoms with Crippen molar-refractivity contribution in [2.45, 2.75) is 33.1 Å². The summed E-state index contributed by atoms with van der Waals surface area (Å²) in [6, 6.07) is 0. The highest BCUT2D eigenvalue weighted by Crippen LogP contribution is 2.24. The number of hydrogen-bond acceptors (Lipinski definition) is 4. The van der Waals surface area contributed by atoms with Crippen molar-refractivity contribution in [2.24, 2.45) is 18.2 Å². The largest absolute Gasteiger partial charge is 0.355 e. The Morgan fingerprint density at radius 1 is 1.50 bits per heavy atom. The average molecular weight is 253 g/mol. The number of hydrogen-bond donors (Lipinski definition) is 2. The highest BCUT2D eigenvalue weighted by atomic mass is 16.2. The van der Waals surface area contributed by atoms with Gasteiger partial charge in [0.1, 0.15) is 6.33 Å². The fraction of sp³-hybridized carbons (Fsp3) is 0.750. The molecule has 6 nitrogen and oxygen atoms in total. The number of rotatable bonds is 7. The number of aryl methyl sites for hydroxylation is 1. The van der Waals surface area contributed by atoms with Gasteiger partial charge in [-0.05, 0) is 12.8 Å². The van der Waals surface area contributed by atoms with Crippen LogP contribution in [0.3, 0.4) is 0 Å². The first-order valence-corrected chi connectivity index (χ1v) is 6.41. The summed E-state index contributed by atoms with van der Waals surface area (Å²) in [6.45, 7) is 4.92. The van der Waals surface area contributed by atoms with E-state index in [1.165, 1.54) is 0 Å². The summed E-state index contributed by atoms with van der Waals surface area (Å²) in [5.41, 5.74) is 5.29. The molecule has 6 heteroatoms. The quantitative estimate of drug-likeness (QED) is 0.729. The minimum Gasteiger partial charge on any atom is -0.355 e. The van der Waals surface area contributed by atoms with E-state index in [4.69, 9.17) is 5.73 Å². The Morgan fingerprint density at radius 3 is 2.61 bits per heavy atom. The van der Waals surface area contributed by atoms with E-state index in [2.05, 4.69) is 15.4 Å². The van der Waals surface area contributed by atoms with Crippen LogP contribution in [0.4, 0.5) is 0 Å². The minimum atomic E-state index is -0.433. The molecule has 0 saturated carbocycles. The molecule has 0 bridgehead atoms. The van der Waals surface area contributed by atoms with Crippen molar-refractivity contribution in [2.75, 3.05) is 13.1 Å². The van der Waals surface area contributed by atoms with Gasteiger partial charge in [-0.3, -0.25) is 9.48 Å². The van der Waals surface area contributed by atoms with Crippen LogP contribution < -0.4 is 11.1 Å². The van der Waals surface area contributed by atoms with Crippen molar-refractivity contribution in [1.82, 2.24) is 20.1 Å². The monoisotopic (exact) mass is 253 g/mol. The van der Waals surface area contributed by atoms with E-state index >= 15 is 0 Å². The van der Waals surface area contributed by atoms with Crippen molar-refractivity contribution in [3.63, 3.8) is 0 Å². The lowest BCUT2D eigenvalue weighted by Gasteiger charge is -2.28. The van der Waals surface area contributed by atoms with Crippen LogP contribution in [-0.4, -0.2) is 33.8 Å². The Morgan fingerprint density at radius 2 is 2.17 bits per heavy atom. The second-order valence-corrected chi connectivity index (χ2v) is 4.53. The summed E-state index contributed by atoms with van der Waals surface area (Å²) in [5.74, 6) is 0.773. The highest BCUT2D eigenvalue weighted by molar-refractivity contribution is 5.82. The van der Waals surface area contributed by atoms with Crippen molar-refractivity contribution < 1.29 is 4.79 Å². The molecule has 1 rings (SSSR count). The topological polar surface area (TPSA) is 85.8 Å². The maximum Gasteiger partial charge on any atom is 0.227 e. The van der Waals surface area contributed by atoms with Gasteiger partial charge >= 0.3 is 0 Å². The smallest absolute Gasteiger partial charge is 0.227 e. The second-order valence-electron chi connectivity index (χ2n) is 4.53. The van der Waals surface area contributed by atoms with Gasteiger partial charge in [0.05, 0.1) is 5.41 Å². The van der Waals surface area contributed by atoms with Crippen LogP contribution in [-0.2, 0) is 18.3 Å². The number of nitrogens with two attached hydrogens (primary N) is 1. The average Bonchev–Trinajstić information content (AvgIpc) is 2.78. The third kappa shape index (κ3) is 3.29. The molecule has 0 aliphatic carbocycles. The van der Waals surface area contributed by atoms with E-state index in [0.29, 0.717) is 19.5 Å². The molecule has 1 aromatic rings. The Bertz CT molecular complexity index is 375. The zero-order valence-electron chi connectivity index (χ0n) is 11.4. The predicted octanol–water partition coefficient (Wildman–Crippen LogP) is 0.239. The zero-order chi connectivity index (χ0) is 13.6. The molecule has 0 atom stereocenters. The highest BCUT2D eigenvalue weighted by Gasteiger charge is 2.32. The van der Waals surface area contributed by atoms with E-state index in [1.807, 2.05) is 20.9 Å². The number of nitrogens with zero attached hydrogens (tertiary/aromatic N) is 3. The van der Waals surface area contributed by atoms with Gasteiger partial charge in [0.25, 0.3) is 0 Å². The van der Waals surface area contributed by atoms with Gasteiger partial charge in [-0.25, -0.2) is 4.98 Å². The summed E-state index contributed by atoms with van der Waals surface area (Å²) in [6.07, 6.45) is 3.81. The van der Waals surface area contributed by atoms with Crippen LogP contribution >= 0.6 is 0 Å². The Hall–Kier alpha value is -1.43. The molecule has 3 N–H and O–H groups in total. The van der Waals surface area contributed by atoms with Crippen LogP contribution in [0.15, 0.2) is 6.33 Å². The summed E-state index contributed by atoms with van der Waals surface area (Å²) < 4.78 is 1.65. The molecular weight excluding hydrogens is 230 g/mol. The SMILES string of the molecule is CCC(CC)(CN)C(=O)NCCc1ncn(C)n1. The van der Waals surface area contributed by atoms with Gasteiger partial charge in [0.15, 0.2) is 5.82 Å². The number of aromatic nitrogens is 3. The summed E-state index contributed by atoms with van der Waals surface area (Å²) in [5, 5.41) is 7.09. The molecule has 1 amide bonds. The third-order valence-corrected chi connectivity index (χ3v) is 3.51. The Kier molecular flexibility index (Phi) is 5.27. The van der Waals surface area contributed by atoms with Crippen molar-refractivity contribution >= 4 is 5.91 Å². The van der Waals surface area contributed by atoms with Crippen LogP contribution in [0.25, 0.3) is 0 Å². The number of carbonyl (C=O) groups is 1. The molecule has 0 unspecified atom stereocenters. The molecule has 0 radical (unpaired) electrons. The van der Waals surface area contributed by atoms with Crippen LogP contribution in [0.2, 0.25) is 0 Å². The fourth-order valence-electron chi connectivity index (χ4n) is 1.93. The van der Waals surface area contributed by atoms with E-state index in [-0.39, 0.29) is 5.91 Å². The molecule has 1 aromatic heterocycles. The molecule has 102 valence electrons. The molecular formula is C12H23N5O. The van der Waals surface area contributed by atoms with Gasteiger partial charge in [0, 0.05) is 26.6 Å². The summed E-state index contributed by atoms with van der Waals surface area (Å²) >= 11 is 0. The number of nitrogens with one attached hydrogen (secondary N) is 1. The van der Waals surface area contributed by atoms with Gasteiger partial charge < -0.3 is 11.1 Å². The molecule has 0 aliphatic rings. The van der Waals surface area contributed by atoms with Crippen molar-refractivity contribution in [3.05, 3.63) is 12.2 Å². The first-order chi connectivity index (χ1) is 8.57. The lowest BCUT2D eigenvalue weighted by molar-refractivity contribution is -0.131. The maximum absolute atomic E-state index is 12.1. The Balaban J connectivity index is 2.45. The van der Waals surface area contributed by atoms with Crippen LogP contribution in [0.5, 0.6) is 0 Å². The molecule has 1 heterocycles. The minimum absolute atomic E-state index is 0.0333. The standard InChI is InChI=1S/C12H23N5O/c1-4-12(5-2,8-13)11(18)14-7-6-10-15-9-17(3)16-10/h9H,4-8,13H2,1-3H3,(H,14,18). The summed E-state index contributed by atoms with van der Waals surface area (Å²) in [7, 11) is 1.82. The normalized spacial score (nSPS) is 11.6. The van der Waals surface area contributed by atoms with E-state index < -0.39 is 5.41 Å². The summed E-state index contributed by atoms with van der Waals surface area (Å²) in [4.78, 5) is 16.2. The van der Waals surface area contributed by atoms with E-state index in [9.17, 15) is 4.79 Å². The van der Waals surface area contributed by atoms with Crippen molar-refractivity contribution in [1.29, 1.82) is 0 Å². The molecule has 0 saturated heterocycles. The molecule has 0 aromatic carbocycles. The van der Waals surface area contributed by atoms with Gasteiger partial charge in [-0.2, -0.15) is 5.10 Å². The molecule has 0 fully saturated rings. The fourth-order valence-corrected chi connectivity index (χ4v) is 1.93. The first kappa shape index (κ1) is 14.6. The first-order valence-electron chi connectivity index (χ1n) is 6.41.